The molecule has 0 bridgehead atoms. The van der Waals surface area contributed by atoms with Crippen molar-refractivity contribution in [3.05, 3.63) is 53.1 Å². The van der Waals surface area contributed by atoms with Crippen LogP contribution in [0.5, 0.6) is 0 Å². The van der Waals surface area contributed by atoms with E-state index in [1.165, 1.54) is 11.1 Å². The summed E-state index contributed by atoms with van der Waals surface area (Å²) in [6, 6.07) is 10.6. The van der Waals surface area contributed by atoms with Crippen LogP contribution >= 0.6 is 0 Å². The monoisotopic (exact) mass is 225 g/mol. The van der Waals surface area contributed by atoms with E-state index in [1.807, 2.05) is 11.6 Å². The number of imidazole rings is 1. The smallest absolute Gasteiger partial charge is 0.161 e. The Morgan fingerprint density at radius 3 is 2.88 bits per heavy atom. The fourth-order valence-corrected chi connectivity index (χ4v) is 1.97. The highest BCUT2D eigenvalue weighted by molar-refractivity contribution is 5.28. The molecule has 3 nitrogen and oxygen atoms in total. The molecule has 17 heavy (non-hydrogen) atoms. The van der Waals surface area contributed by atoms with E-state index in [9.17, 15) is 0 Å². The standard InChI is InChI=1S/C14H15N3/c1-11-4-3-5-12(8-11)6-7-14-13(9-15)16-10-17(14)2/h3-5,8,10H,6-7H2,1-2H3. The van der Waals surface area contributed by atoms with Gasteiger partial charge in [0.05, 0.1) is 12.0 Å². The Morgan fingerprint density at radius 1 is 1.35 bits per heavy atom. The summed E-state index contributed by atoms with van der Waals surface area (Å²) in [7, 11) is 1.93. The molecule has 3 heteroatoms. The Bertz CT molecular complexity index is 561. The minimum absolute atomic E-state index is 0.542. The van der Waals surface area contributed by atoms with E-state index in [0.29, 0.717) is 5.69 Å². The van der Waals surface area contributed by atoms with Gasteiger partial charge in [0.2, 0.25) is 0 Å². The molecule has 2 rings (SSSR count). The molecule has 0 saturated carbocycles. The lowest BCUT2D eigenvalue weighted by atomic mass is 10.1. The van der Waals surface area contributed by atoms with Gasteiger partial charge in [0.15, 0.2) is 5.69 Å². The molecule has 2 aromatic rings. The number of rotatable bonds is 3. The number of hydrogen-bond donors (Lipinski definition) is 0. The summed E-state index contributed by atoms with van der Waals surface area (Å²) < 4.78 is 1.92. The molecule has 0 saturated heterocycles. The minimum Gasteiger partial charge on any atom is -0.336 e. The minimum atomic E-state index is 0.542. The Kier molecular flexibility index (Phi) is 3.24. The van der Waals surface area contributed by atoms with Crippen molar-refractivity contribution in [3.8, 4) is 6.07 Å². The van der Waals surface area contributed by atoms with Crippen LogP contribution in [0, 0.1) is 18.3 Å². The molecule has 0 unspecified atom stereocenters. The normalized spacial score (nSPS) is 10.2. The van der Waals surface area contributed by atoms with Crippen molar-refractivity contribution in [1.82, 2.24) is 9.55 Å². The summed E-state index contributed by atoms with van der Waals surface area (Å²) in [4.78, 5) is 4.07. The Labute approximate surface area is 101 Å². The number of aryl methyl sites for hydroxylation is 3. The van der Waals surface area contributed by atoms with Crippen LogP contribution in [0.3, 0.4) is 0 Å². The molecular formula is C14H15N3. The number of benzene rings is 1. The zero-order valence-electron chi connectivity index (χ0n) is 10.1. The molecule has 0 aliphatic rings. The lowest BCUT2D eigenvalue weighted by Crippen LogP contribution is -2.00. The first kappa shape index (κ1) is 11.4. The maximum Gasteiger partial charge on any atom is 0.161 e. The average molecular weight is 225 g/mol. The number of nitriles is 1. The van der Waals surface area contributed by atoms with Crippen molar-refractivity contribution in [3.63, 3.8) is 0 Å². The van der Waals surface area contributed by atoms with Gasteiger partial charge < -0.3 is 4.57 Å². The molecule has 0 radical (unpaired) electrons. The molecule has 86 valence electrons. The topological polar surface area (TPSA) is 41.6 Å². The van der Waals surface area contributed by atoms with Gasteiger partial charge in [-0.1, -0.05) is 29.8 Å². The summed E-state index contributed by atoms with van der Waals surface area (Å²) in [5.41, 5.74) is 4.12. The van der Waals surface area contributed by atoms with E-state index in [2.05, 4.69) is 42.2 Å². The first-order chi connectivity index (χ1) is 8.20. The Balaban J connectivity index is 2.13. The number of aromatic nitrogens is 2. The lowest BCUT2D eigenvalue weighted by Gasteiger charge is -2.04. The fraction of sp³-hybridized carbons (Fsp3) is 0.286. The fourth-order valence-electron chi connectivity index (χ4n) is 1.97. The zero-order valence-corrected chi connectivity index (χ0v) is 10.1. The van der Waals surface area contributed by atoms with Crippen molar-refractivity contribution >= 4 is 0 Å². The second kappa shape index (κ2) is 4.84. The summed E-state index contributed by atoms with van der Waals surface area (Å²) in [5.74, 6) is 0. The van der Waals surface area contributed by atoms with Gasteiger partial charge in [-0.15, -0.1) is 0 Å². The highest BCUT2D eigenvalue weighted by atomic mass is 15.0. The van der Waals surface area contributed by atoms with Crippen molar-refractivity contribution in [2.75, 3.05) is 0 Å². The van der Waals surface area contributed by atoms with Crippen molar-refractivity contribution in [2.24, 2.45) is 7.05 Å². The average Bonchev–Trinajstić information content (AvgIpc) is 2.67. The Morgan fingerprint density at radius 2 is 2.18 bits per heavy atom. The summed E-state index contributed by atoms with van der Waals surface area (Å²) >= 11 is 0. The van der Waals surface area contributed by atoms with Crippen LogP contribution in [0.15, 0.2) is 30.6 Å². The summed E-state index contributed by atoms with van der Waals surface area (Å²) in [6.07, 6.45) is 3.49. The molecule has 0 fully saturated rings. The van der Waals surface area contributed by atoms with Gasteiger partial charge in [0.1, 0.15) is 6.07 Å². The molecule has 1 heterocycles. The quantitative estimate of drug-likeness (QED) is 0.804. The van der Waals surface area contributed by atoms with E-state index in [-0.39, 0.29) is 0 Å². The molecular weight excluding hydrogens is 210 g/mol. The third kappa shape index (κ3) is 2.54. The van der Waals surface area contributed by atoms with Gasteiger partial charge in [-0.2, -0.15) is 5.26 Å². The third-order valence-electron chi connectivity index (χ3n) is 2.90. The number of nitrogens with zero attached hydrogens (tertiary/aromatic N) is 3. The van der Waals surface area contributed by atoms with Gasteiger partial charge in [-0.25, -0.2) is 4.98 Å². The van der Waals surface area contributed by atoms with Crippen LogP contribution in [-0.2, 0) is 19.9 Å². The molecule has 1 aromatic carbocycles. The van der Waals surface area contributed by atoms with Crippen molar-refractivity contribution in [2.45, 2.75) is 19.8 Å². The van der Waals surface area contributed by atoms with E-state index in [0.717, 1.165) is 18.5 Å². The molecule has 0 spiro atoms. The second-order valence-electron chi connectivity index (χ2n) is 4.25. The van der Waals surface area contributed by atoms with E-state index < -0.39 is 0 Å². The predicted octanol–water partition coefficient (Wildman–Crippen LogP) is 2.39. The Hall–Kier alpha value is -2.08. The van der Waals surface area contributed by atoms with E-state index >= 15 is 0 Å². The summed E-state index contributed by atoms with van der Waals surface area (Å²) in [5, 5.41) is 8.95. The molecule has 0 aliphatic heterocycles. The SMILES string of the molecule is Cc1cccc(CCc2c(C#N)ncn2C)c1. The highest BCUT2D eigenvalue weighted by Crippen LogP contribution is 2.11. The maximum absolute atomic E-state index is 8.95. The van der Waals surface area contributed by atoms with Crippen molar-refractivity contribution < 1.29 is 0 Å². The highest BCUT2D eigenvalue weighted by Gasteiger charge is 2.07. The predicted molar refractivity (Wildman–Crippen MR) is 66.5 cm³/mol. The zero-order chi connectivity index (χ0) is 12.3. The van der Waals surface area contributed by atoms with E-state index in [1.54, 1.807) is 6.33 Å². The van der Waals surface area contributed by atoms with Crippen LogP contribution in [0.4, 0.5) is 0 Å². The summed E-state index contributed by atoms with van der Waals surface area (Å²) in [6.45, 7) is 2.09. The van der Waals surface area contributed by atoms with Crippen LogP contribution in [0.1, 0.15) is 22.5 Å². The first-order valence-corrected chi connectivity index (χ1v) is 5.66. The third-order valence-corrected chi connectivity index (χ3v) is 2.90. The lowest BCUT2D eigenvalue weighted by molar-refractivity contribution is 0.796. The van der Waals surface area contributed by atoms with Crippen molar-refractivity contribution in [1.29, 1.82) is 5.26 Å². The second-order valence-corrected chi connectivity index (χ2v) is 4.25. The van der Waals surface area contributed by atoms with E-state index in [4.69, 9.17) is 5.26 Å². The molecule has 0 atom stereocenters. The van der Waals surface area contributed by atoms with Crippen LogP contribution in [0.2, 0.25) is 0 Å². The largest absolute Gasteiger partial charge is 0.336 e. The molecule has 0 amide bonds. The molecule has 1 aromatic heterocycles. The number of hydrogen-bond acceptors (Lipinski definition) is 2. The van der Waals surface area contributed by atoms with Gasteiger partial charge in [0.25, 0.3) is 0 Å². The van der Waals surface area contributed by atoms with Gasteiger partial charge in [0, 0.05) is 7.05 Å². The van der Waals surface area contributed by atoms with Gasteiger partial charge >= 0.3 is 0 Å². The van der Waals surface area contributed by atoms with Gasteiger partial charge in [-0.3, -0.25) is 0 Å². The van der Waals surface area contributed by atoms with Crippen LogP contribution in [-0.4, -0.2) is 9.55 Å². The molecule has 0 N–H and O–H groups in total. The molecule has 0 aliphatic carbocycles. The van der Waals surface area contributed by atoms with Gasteiger partial charge in [-0.05, 0) is 25.3 Å². The van der Waals surface area contributed by atoms with Crippen LogP contribution < -0.4 is 0 Å². The maximum atomic E-state index is 8.95. The first-order valence-electron chi connectivity index (χ1n) is 5.66. The van der Waals surface area contributed by atoms with Crippen LogP contribution in [0.25, 0.3) is 0 Å².